The third-order valence-electron chi connectivity index (χ3n) is 7.05. The van der Waals surface area contributed by atoms with Crippen LogP contribution in [0.25, 0.3) is 15.2 Å². The molecular weight excluding hydrogens is 559 g/mol. The molecule has 1 aliphatic rings. The number of amides is 1. The van der Waals surface area contributed by atoms with Crippen LogP contribution >= 0.6 is 11.3 Å². The molecule has 0 radical (unpaired) electrons. The predicted octanol–water partition coefficient (Wildman–Crippen LogP) is 1.90. The zero-order valence-electron chi connectivity index (χ0n) is 22.4. The van der Waals surface area contributed by atoms with Crippen molar-refractivity contribution in [3.63, 3.8) is 0 Å². The number of aryl methyl sites for hydroxylation is 1. The van der Waals surface area contributed by atoms with E-state index in [0.717, 1.165) is 15.9 Å². The summed E-state index contributed by atoms with van der Waals surface area (Å²) in [6, 6.07) is 2.80. The van der Waals surface area contributed by atoms with Crippen molar-refractivity contribution in [2.24, 2.45) is 0 Å². The minimum Gasteiger partial charge on any atom is -0.496 e. The highest BCUT2D eigenvalue weighted by Gasteiger charge is 2.35. The molecule has 1 aliphatic heterocycles. The summed E-state index contributed by atoms with van der Waals surface area (Å²) in [4.78, 5) is 55.2. The molecule has 2 atom stereocenters. The smallest absolute Gasteiger partial charge is 0.332 e. The quantitative estimate of drug-likeness (QED) is 0.294. The third-order valence-corrected chi connectivity index (χ3v) is 8.33. The van der Waals surface area contributed by atoms with Crippen LogP contribution < -0.4 is 16.0 Å². The number of aliphatic carboxylic acids is 1. The van der Waals surface area contributed by atoms with E-state index in [2.05, 4.69) is 10.2 Å². The number of nitrogens with zero attached hydrogens (tertiary/aromatic N) is 6. The first kappa shape index (κ1) is 28.2. The highest BCUT2D eigenvalue weighted by Crippen LogP contribution is 2.34. The summed E-state index contributed by atoms with van der Waals surface area (Å²) >= 11 is 1.11. The number of fused-ring (bicyclic) bond motifs is 1. The first-order valence-corrected chi connectivity index (χ1v) is 13.5. The van der Waals surface area contributed by atoms with Crippen LogP contribution in [0.4, 0.5) is 4.39 Å². The van der Waals surface area contributed by atoms with Crippen LogP contribution in [0.2, 0.25) is 0 Å². The van der Waals surface area contributed by atoms with Crippen molar-refractivity contribution in [1.29, 1.82) is 0 Å². The third kappa shape index (κ3) is 5.13. The number of thiophene rings is 1. The Morgan fingerprint density at radius 2 is 1.98 bits per heavy atom. The molecule has 1 N–H and O–H groups in total. The van der Waals surface area contributed by atoms with Crippen molar-refractivity contribution >= 4 is 33.4 Å². The van der Waals surface area contributed by atoms with Crippen LogP contribution in [0.5, 0.6) is 5.75 Å². The summed E-state index contributed by atoms with van der Waals surface area (Å²) in [5.41, 5.74) is -0.609. The van der Waals surface area contributed by atoms with Gasteiger partial charge >= 0.3 is 11.7 Å². The minimum atomic E-state index is -1.10. The van der Waals surface area contributed by atoms with Crippen molar-refractivity contribution in [2.75, 3.05) is 27.3 Å². The molecule has 4 aromatic rings. The highest BCUT2D eigenvalue weighted by molar-refractivity contribution is 7.21. The zero-order chi connectivity index (χ0) is 29.4. The number of ether oxygens (including phenoxy) is 2. The monoisotopic (exact) mass is 586 g/mol. The van der Waals surface area contributed by atoms with E-state index >= 15 is 0 Å². The van der Waals surface area contributed by atoms with E-state index in [1.807, 2.05) is 0 Å². The van der Waals surface area contributed by atoms with Crippen LogP contribution in [0.15, 0.2) is 40.2 Å². The van der Waals surface area contributed by atoms with Gasteiger partial charge < -0.3 is 19.5 Å². The van der Waals surface area contributed by atoms with Gasteiger partial charge in [0.05, 0.1) is 44.5 Å². The maximum absolute atomic E-state index is 14.4. The van der Waals surface area contributed by atoms with Crippen molar-refractivity contribution in [3.05, 3.63) is 68.4 Å². The fraction of sp³-hybridized carbons (Fsp3) is 0.385. The minimum absolute atomic E-state index is 0.208. The van der Waals surface area contributed by atoms with Crippen LogP contribution in [-0.2, 0) is 20.9 Å². The number of benzene rings is 1. The Morgan fingerprint density at radius 3 is 2.61 bits per heavy atom. The molecule has 0 spiro atoms. The Balaban J connectivity index is 1.74. The van der Waals surface area contributed by atoms with Gasteiger partial charge in [0.25, 0.3) is 5.56 Å². The first-order valence-electron chi connectivity index (χ1n) is 12.7. The zero-order valence-corrected chi connectivity index (χ0v) is 23.3. The number of methoxy groups -OCH3 is 1. The molecular formula is C26H27FN6O7S. The maximum Gasteiger partial charge on any atom is 0.332 e. The van der Waals surface area contributed by atoms with E-state index < -0.39 is 35.2 Å². The molecule has 0 unspecified atom stereocenters. The summed E-state index contributed by atoms with van der Waals surface area (Å²) in [5.74, 6) is -1.79. The van der Waals surface area contributed by atoms with Gasteiger partial charge in [0.15, 0.2) is 0 Å². The molecule has 0 aliphatic carbocycles. The van der Waals surface area contributed by atoms with Gasteiger partial charge in [0, 0.05) is 24.7 Å². The molecule has 1 fully saturated rings. The standard InChI is InChI=1S/C26H27FN6O7S/c1-14-21-23(37)32(17-6-10-30(2)22(17)36)26(38)31(25(21)41-24(14)33-28-8-9-29-33)13-19(40-11-7-20(34)35)16-12-15(27)4-5-18(16)39-3/h4-5,8-9,12,17,19H,6-7,10-11,13H2,1-3H3,(H,34,35)/t17-,19-/m0/s1. The van der Waals surface area contributed by atoms with E-state index in [1.54, 1.807) is 14.0 Å². The number of carbonyl (C=O) groups is 2. The number of aromatic nitrogens is 5. The molecule has 13 nitrogen and oxygen atoms in total. The number of carboxylic acids is 1. The van der Waals surface area contributed by atoms with E-state index in [9.17, 15) is 23.6 Å². The number of likely N-dealkylation sites (tertiary alicyclic amines) is 1. The largest absolute Gasteiger partial charge is 0.496 e. The van der Waals surface area contributed by atoms with Crippen molar-refractivity contribution in [1.82, 2.24) is 29.0 Å². The van der Waals surface area contributed by atoms with Gasteiger partial charge in [-0.1, -0.05) is 11.3 Å². The van der Waals surface area contributed by atoms with E-state index in [-0.39, 0.29) is 53.4 Å². The van der Waals surface area contributed by atoms with Gasteiger partial charge in [-0.3, -0.25) is 19.0 Å². The molecule has 5 rings (SSSR count). The van der Waals surface area contributed by atoms with E-state index in [1.165, 1.54) is 52.0 Å². The lowest BCUT2D eigenvalue weighted by atomic mass is 10.1. The number of carbonyl (C=O) groups excluding carboxylic acids is 1. The van der Waals surface area contributed by atoms with Gasteiger partial charge in [-0.2, -0.15) is 10.2 Å². The molecule has 1 amide bonds. The van der Waals surface area contributed by atoms with E-state index in [0.29, 0.717) is 17.1 Å². The Kier molecular flexibility index (Phi) is 7.73. The molecule has 0 bridgehead atoms. The maximum atomic E-state index is 14.4. The number of halogens is 1. The summed E-state index contributed by atoms with van der Waals surface area (Å²) in [6.45, 7) is 1.60. The number of hydrogen-bond acceptors (Lipinski definition) is 9. The Morgan fingerprint density at radius 1 is 1.24 bits per heavy atom. The lowest BCUT2D eigenvalue weighted by Crippen LogP contribution is -2.44. The lowest BCUT2D eigenvalue weighted by Gasteiger charge is -2.23. The number of carboxylic acid groups (broad SMARTS) is 1. The summed E-state index contributed by atoms with van der Waals surface area (Å²) in [5, 5.41) is 18.2. The number of rotatable bonds is 10. The molecule has 1 saturated heterocycles. The predicted molar refractivity (Wildman–Crippen MR) is 145 cm³/mol. The Labute approximate surface area is 235 Å². The van der Waals surface area contributed by atoms with Crippen LogP contribution in [0.1, 0.15) is 36.1 Å². The molecule has 41 heavy (non-hydrogen) atoms. The van der Waals surface area contributed by atoms with Crippen LogP contribution in [-0.4, -0.2) is 73.3 Å². The molecule has 4 heterocycles. The second kappa shape index (κ2) is 11.2. The van der Waals surface area contributed by atoms with Gasteiger partial charge in [0.2, 0.25) is 5.91 Å². The molecule has 216 valence electrons. The summed E-state index contributed by atoms with van der Waals surface area (Å²) in [6.07, 6.45) is 1.83. The van der Waals surface area contributed by atoms with Crippen molar-refractivity contribution in [3.8, 4) is 10.8 Å². The molecule has 1 aromatic carbocycles. The first-order chi connectivity index (χ1) is 19.6. The number of hydrogen-bond donors (Lipinski definition) is 1. The molecule has 15 heteroatoms. The van der Waals surface area contributed by atoms with Crippen LogP contribution in [0.3, 0.4) is 0 Å². The van der Waals surface area contributed by atoms with E-state index in [4.69, 9.17) is 14.6 Å². The summed E-state index contributed by atoms with van der Waals surface area (Å²) < 4.78 is 28.0. The number of likely N-dealkylation sites (N-methyl/N-ethyl adjacent to an activating group) is 1. The lowest BCUT2D eigenvalue weighted by molar-refractivity contribution is -0.138. The van der Waals surface area contributed by atoms with Crippen molar-refractivity contribution in [2.45, 2.75) is 38.5 Å². The second-order valence-electron chi connectivity index (χ2n) is 9.55. The summed E-state index contributed by atoms with van der Waals surface area (Å²) in [7, 11) is 2.99. The van der Waals surface area contributed by atoms with Gasteiger partial charge in [0.1, 0.15) is 33.5 Å². The van der Waals surface area contributed by atoms with Crippen molar-refractivity contribution < 1.29 is 28.6 Å². The molecule has 3 aromatic heterocycles. The average Bonchev–Trinajstić information content (AvgIpc) is 3.66. The second-order valence-corrected chi connectivity index (χ2v) is 10.5. The van der Waals surface area contributed by atoms with Crippen LogP contribution in [0, 0.1) is 12.7 Å². The normalized spacial score (nSPS) is 16.0. The SMILES string of the molecule is COc1ccc(F)cc1[C@H](Cn1c(=O)n([C@H]2CCN(C)C2=O)c(=O)c2c(C)c(-n3nccn3)sc21)OCCC(=O)O. The fourth-order valence-corrected chi connectivity index (χ4v) is 6.21. The fourth-order valence-electron chi connectivity index (χ4n) is 5.00. The Bertz CT molecular complexity index is 1750. The highest BCUT2D eigenvalue weighted by atomic mass is 32.1. The molecule has 0 saturated carbocycles. The topological polar surface area (TPSA) is 151 Å². The van der Waals surface area contributed by atoms with Gasteiger partial charge in [-0.25, -0.2) is 13.8 Å². The Hall–Kier alpha value is -4.37. The average molecular weight is 587 g/mol. The van der Waals surface area contributed by atoms with Gasteiger partial charge in [-0.05, 0) is 31.5 Å². The van der Waals surface area contributed by atoms with Gasteiger partial charge in [-0.15, -0.1) is 4.80 Å².